The molecule has 1 aromatic carbocycles. The number of halogens is 4. The Kier molecular flexibility index (Phi) is 9.85. The third kappa shape index (κ3) is 7.60. The van der Waals surface area contributed by atoms with Gasteiger partial charge in [0.1, 0.15) is 11.4 Å². The van der Waals surface area contributed by atoms with Crippen molar-refractivity contribution in [2.24, 2.45) is 0 Å². The lowest BCUT2D eigenvalue weighted by atomic mass is 9.93. The molecular weight excluding hydrogens is 625 g/mol. The topological polar surface area (TPSA) is 117 Å². The molecule has 3 aromatic rings. The highest BCUT2D eigenvalue weighted by Gasteiger charge is 2.39. The van der Waals surface area contributed by atoms with Crippen LogP contribution in [0.1, 0.15) is 62.4 Å². The van der Waals surface area contributed by atoms with Crippen molar-refractivity contribution in [3.05, 3.63) is 70.5 Å². The van der Waals surface area contributed by atoms with Gasteiger partial charge in [-0.25, -0.2) is 37.9 Å². The van der Waals surface area contributed by atoms with Crippen LogP contribution in [-0.4, -0.2) is 87.2 Å². The number of aromatic nitrogens is 4. The summed E-state index contributed by atoms with van der Waals surface area (Å²) in [6.07, 6.45) is 6.71. The summed E-state index contributed by atoms with van der Waals surface area (Å²) in [6, 6.07) is 0.561. The number of alkyl carbamates (subject to hydrolysis) is 1. The third-order valence-electron chi connectivity index (χ3n) is 8.03. The van der Waals surface area contributed by atoms with Gasteiger partial charge < -0.3 is 24.8 Å². The molecule has 0 aliphatic carbocycles. The van der Waals surface area contributed by atoms with Crippen molar-refractivity contribution in [1.82, 2.24) is 30.2 Å². The molecule has 2 amide bonds. The highest BCUT2D eigenvalue weighted by molar-refractivity contribution is 6.30. The summed E-state index contributed by atoms with van der Waals surface area (Å²) in [4.78, 5) is 49.1. The number of ether oxygens (including phenoxy) is 1. The number of amides is 2. The molecule has 2 fully saturated rings. The molecule has 0 bridgehead atoms. The van der Waals surface area contributed by atoms with Crippen LogP contribution in [-0.2, 0) is 4.74 Å². The van der Waals surface area contributed by atoms with Crippen molar-refractivity contribution in [2.75, 3.05) is 42.5 Å². The standard InChI is InChI=1S/C31H36ClF3N8O3/c1-5-43(20-6-8-41(9-7-20)28-38-14-19(32)15-39-28)27(44)18-12-36-29(37-13-18)42-16-22(21-10-24(34)25(35)11-23(21)33)26(17-42)40-30(45)46-31(2,3)4/h10-15,20,22,26H,5-9,16-17H2,1-4H3,(H,40,45)/t22-,26+/m1/s1. The Balaban J connectivity index is 1.28. The molecule has 11 nitrogen and oxygen atoms in total. The molecule has 5 rings (SSSR count). The first-order chi connectivity index (χ1) is 21.8. The molecule has 1 N–H and O–H groups in total. The zero-order chi connectivity index (χ0) is 33.2. The van der Waals surface area contributed by atoms with Crippen molar-refractivity contribution in [3.8, 4) is 0 Å². The van der Waals surface area contributed by atoms with Gasteiger partial charge in [0.2, 0.25) is 11.9 Å². The maximum absolute atomic E-state index is 14.9. The fraction of sp³-hybridized carbons (Fsp3) is 0.484. The maximum Gasteiger partial charge on any atom is 0.407 e. The lowest BCUT2D eigenvalue weighted by Crippen LogP contribution is -2.47. The molecule has 2 atom stereocenters. The number of anilines is 2. The van der Waals surface area contributed by atoms with E-state index in [2.05, 4.69) is 30.2 Å². The van der Waals surface area contributed by atoms with Crippen molar-refractivity contribution >= 4 is 35.5 Å². The van der Waals surface area contributed by atoms with Gasteiger partial charge >= 0.3 is 6.09 Å². The Morgan fingerprint density at radius 3 is 2.13 bits per heavy atom. The summed E-state index contributed by atoms with van der Waals surface area (Å²) in [5.41, 5.74) is -0.577. The average molecular weight is 661 g/mol. The third-order valence-corrected chi connectivity index (χ3v) is 8.22. The second kappa shape index (κ2) is 13.7. The minimum Gasteiger partial charge on any atom is -0.444 e. The van der Waals surface area contributed by atoms with Gasteiger partial charge in [0.05, 0.1) is 29.0 Å². The Bertz CT molecular complexity index is 1550. The van der Waals surface area contributed by atoms with E-state index in [9.17, 15) is 22.8 Å². The highest BCUT2D eigenvalue weighted by Crippen LogP contribution is 2.33. The second-order valence-corrected chi connectivity index (χ2v) is 12.8. The van der Waals surface area contributed by atoms with Gasteiger partial charge in [-0.3, -0.25) is 4.79 Å². The van der Waals surface area contributed by atoms with Gasteiger partial charge in [-0.15, -0.1) is 0 Å². The molecule has 2 aliphatic rings. The molecule has 2 saturated heterocycles. The van der Waals surface area contributed by atoms with Gasteiger partial charge in [0.25, 0.3) is 5.91 Å². The summed E-state index contributed by atoms with van der Waals surface area (Å²) in [5.74, 6) is -3.59. The zero-order valence-corrected chi connectivity index (χ0v) is 26.8. The largest absolute Gasteiger partial charge is 0.444 e. The van der Waals surface area contributed by atoms with Crippen molar-refractivity contribution in [1.29, 1.82) is 0 Å². The minimum absolute atomic E-state index is 0.00533. The molecular formula is C31H36ClF3N8O3. The van der Waals surface area contributed by atoms with Crippen LogP contribution in [0.25, 0.3) is 0 Å². The Morgan fingerprint density at radius 1 is 0.935 bits per heavy atom. The van der Waals surface area contributed by atoms with Gasteiger partial charge in [-0.1, -0.05) is 11.6 Å². The van der Waals surface area contributed by atoms with Crippen molar-refractivity contribution in [2.45, 2.75) is 64.1 Å². The molecule has 2 aliphatic heterocycles. The summed E-state index contributed by atoms with van der Waals surface area (Å²) >= 11 is 5.91. The van der Waals surface area contributed by atoms with Crippen LogP contribution >= 0.6 is 11.6 Å². The number of hydrogen-bond donors (Lipinski definition) is 1. The molecule has 46 heavy (non-hydrogen) atoms. The van der Waals surface area contributed by atoms with E-state index in [0.29, 0.717) is 42.2 Å². The molecule has 4 heterocycles. The molecule has 15 heteroatoms. The van der Waals surface area contributed by atoms with Gasteiger partial charge in [0.15, 0.2) is 11.6 Å². The van der Waals surface area contributed by atoms with Crippen LogP contribution in [0.4, 0.5) is 29.9 Å². The lowest BCUT2D eigenvalue weighted by molar-refractivity contribution is 0.0504. The maximum atomic E-state index is 14.9. The van der Waals surface area contributed by atoms with Crippen LogP contribution in [0, 0.1) is 17.5 Å². The number of nitrogens with one attached hydrogen (secondary N) is 1. The number of piperidine rings is 1. The monoisotopic (exact) mass is 660 g/mol. The number of benzene rings is 1. The van der Waals surface area contributed by atoms with E-state index in [-0.39, 0.29) is 36.6 Å². The normalized spacial score (nSPS) is 18.9. The predicted octanol–water partition coefficient (Wildman–Crippen LogP) is 4.97. The first-order valence-electron chi connectivity index (χ1n) is 15.1. The first-order valence-corrected chi connectivity index (χ1v) is 15.4. The van der Waals surface area contributed by atoms with Crippen LogP contribution < -0.4 is 15.1 Å². The van der Waals surface area contributed by atoms with E-state index in [1.807, 2.05) is 6.92 Å². The molecule has 0 spiro atoms. The number of rotatable bonds is 7. The van der Waals surface area contributed by atoms with Crippen molar-refractivity contribution in [3.63, 3.8) is 0 Å². The Hall–Kier alpha value is -4.20. The zero-order valence-electron chi connectivity index (χ0n) is 26.0. The summed E-state index contributed by atoms with van der Waals surface area (Å²) in [5, 5.41) is 3.20. The summed E-state index contributed by atoms with van der Waals surface area (Å²) < 4.78 is 48.1. The van der Waals surface area contributed by atoms with E-state index in [4.69, 9.17) is 16.3 Å². The number of hydrogen-bond acceptors (Lipinski definition) is 9. The van der Waals surface area contributed by atoms with Crippen LogP contribution in [0.5, 0.6) is 0 Å². The number of carbonyl (C=O) groups is 2. The molecule has 0 radical (unpaired) electrons. The molecule has 246 valence electrons. The molecule has 0 saturated carbocycles. The average Bonchev–Trinajstić information content (AvgIpc) is 3.42. The van der Waals surface area contributed by atoms with Crippen LogP contribution in [0.2, 0.25) is 5.02 Å². The fourth-order valence-electron chi connectivity index (χ4n) is 5.88. The minimum atomic E-state index is -1.31. The molecule has 2 aromatic heterocycles. The van der Waals surface area contributed by atoms with Gasteiger partial charge in [0, 0.05) is 63.1 Å². The van der Waals surface area contributed by atoms with E-state index < -0.39 is 41.1 Å². The quantitative estimate of drug-likeness (QED) is 0.351. The number of carbonyl (C=O) groups excluding carboxylic acids is 2. The van der Waals surface area contributed by atoms with Gasteiger partial charge in [-0.2, -0.15) is 0 Å². The van der Waals surface area contributed by atoms with E-state index in [1.54, 1.807) is 43.0 Å². The SMILES string of the molecule is CCN(C(=O)c1cnc(N2C[C@H](NC(=O)OC(C)(C)C)[C@@H](c3cc(F)c(F)cc3F)C2)nc1)C1CCN(c2ncc(Cl)cn2)CC1. The molecule has 0 unspecified atom stereocenters. The first kappa shape index (κ1) is 33.2. The Labute approximate surface area is 270 Å². The van der Waals surface area contributed by atoms with E-state index in [1.165, 1.54) is 12.4 Å². The number of nitrogens with zero attached hydrogens (tertiary/aromatic N) is 7. The predicted molar refractivity (Wildman–Crippen MR) is 165 cm³/mol. The Morgan fingerprint density at radius 2 is 1.52 bits per heavy atom. The fourth-order valence-corrected chi connectivity index (χ4v) is 5.98. The summed E-state index contributed by atoms with van der Waals surface area (Å²) in [7, 11) is 0. The van der Waals surface area contributed by atoms with Gasteiger partial charge in [-0.05, 0) is 52.2 Å². The lowest BCUT2D eigenvalue weighted by Gasteiger charge is -2.38. The second-order valence-electron chi connectivity index (χ2n) is 12.3. The van der Waals surface area contributed by atoms with E-state index >= 15 is 0 Å². The smallest absolute Gasteiger partial charge is 0.407 e. The van der Waals surface area contributed by atoms with E-state index in [0.717, 1.165) is 18.9 Å². The van der Waals surface area contributed by atoms with Crippen molar-refractivity contribution < 1.29 is 27.5 Å². The van der Waals surface area contributed by atoms with Crippen LogP contribution in [0.15, 0.2) is 36.9 Å². The highest BCUT2D eigenvalue weighted by atomic mass is 35.5. The summed E-state index contributed by atoms with van der Waals surface area (Å²) in [6.45, 7) is 9.10. The van der Waals surface area contributed by atoms with Crippen LogP contribution in [0.3, 0.4) is 0 Å².